The van der Waals surface area contributed by atoms with Crippen LogP contribution in [0.1, 0.15) is 55.3 Å². The molecule has 2 unspecified atom stereocenters. The fourth-order valence-electron chi connectivity index (χ4n) is 5.71. The summed E-state index contributed by atoms with van der Waals surface area (Å²) in [5.74, 6) is 0.665. The largest absolute Gasteiger partial charge is 0.444 e. The highest BCUT2D eigenvalue weighted by molar-refractivity contribution is 6.30. The Labute approximate surface area is 242 Å². The number of nitriles is 1. The topological polar surface area (TPSA) is 98.3 Å². The van der Waals surface area contributed by atoms with Gasteiger partial charge in [-0.25, -0.2) is 9.37 Å². The molecule has 212 valence electrons. The molecule has 0 bridgehead atoms. The highest BCUT2D eigenvalue weighted by Crippen LogP contribution is 2.49. The maximum atomic E-state index is 14.8. The Hall–Kier alpha value is -3.78. The number of imidazole rings is 1. The summed E-state index contributed by atoms with van der Waals surface area (Å²) in [6, 6.07) is 14.1. The smallest absolute Gasteiger partial charge is 0.278 e. The van der Waals surface area contributed by atoms with Crippen molar-refractivity contribution < 1.29 is 18.6 Å². The van der Waals surface area contributed by atoms with Crippen LogP contribution in [-0.4, -0.2) is 51.0 Å². The maximum absolute atomic E-state index is 14.8. The summed E-state index contributed by atoms with van der Waals surface area (Å²) < 4.78 is 34.8. The van der Waals surface area contributed by atoms with Crippen LogP contribution in [0.4, 0.5) is 4.39 Å². The lowest BCUT2D eigenvalue weighted by atomic mass is 9.88. The van der Waals surface area contributed by atoms with E-state index >= 15 is 0 Å². The van der Waals surface area contributed by atoms with Crippen molar-refractivity contribution in [3.63, 3.8) is 0 Å². The molecule has 0 radical (unpaired) electrons. The minimum absolute atomic E-state index is 0.0382. The highest BCUT2D eigenvalue weighted by Gasteiger charge is 2.43. The van der Waals surface area contributed by atoms with Crippen molar-refractivity contribution in [1.29, 1.82) is 5.26 Å². The zero-order valence-corrected chi connectivity index (χ0v) is 23.9. The minimum Gasteiger partial charge on any atom is -0.444 e. The summed E-state index contributed by atoms with van der Waals surface area (Å²) in [4.78, 5) is 7.19. The van der Waals surface area contributed by atoms with Crippen LogP contribution in [0.5, 0.6) is 11.5 Å². The molecule has 0 amide bonds. The fourth-order valence-corrected chi connectivity index (χ4v) is 5.87. The molecule has 9 nitrogen and oxygen atoms in total. The maximum Gasteiger partial charge on any atom is 0.278 e. The van der Waals surface area contributed by atoms with E-state index in [1.165, 1.54) is 6.07 Å². The first-order chi connectivity index (χ1) is 19.8. The second-order valence-corrected chi connectivity index (χ2v) is 11.2. The lowest BCUT2D eigenvalue weighted by Gasteiger charge is -2.32. The molecule has 6 rings (SSSR count). The van der Waals surface area contributed by atoms with E-state index in [9.17, 15) is 9.65 Å². The molecule has 4 aromatic rings. The molecule has 1 fully saturated rings. The van der Waals surface area contributed by atoms with Crippen LogP contribution in [0.25, 0.3) is 11.2 Å². The SMILES string of the molecule is COC(C)Cn1c(CN2CCC(c3cccc4c3OC(C)(c3ccc(Cl)cc3F)O4)CC2)nc2cc(C#N)nnc21. The predicted octanol–water partition coefficient (Wildman–Crippen LogP) is 5.55. The number of ether oxygens (including phenoxy) is 3. The monoisotopic (exact) mass is 576 g/mol. The highest BCUT2D eigenvalue weighted by atomic mass is 35.5. The number of aromatic nitrogens is 4. The summed E-state index contributed by atoms with van der Waals surface area (Å²) in [5, 5.41) is 17.9. The zero-order valence-electron chi connectivity index (χ0n) is 23.1. The lowest BCUT2D eigenvalue weighted by molar-refractivity contribution is -0.0712. The normalized spacial score (nSPS) is 19.9. The van der Waals surface area contributed by atoms with Crippen LogP contribution < -0.4 is 9.47 Å². The quantitative estimate of drug-likeness (QED) is 0.282. The molecule has 2 aromatic carbocycles. The zero-order chi connectivity index (χ0) is 28.7. The van der Waals surface area contributed by atoms with Crippen LogP contribution >= 0.6 is 11.6 Å². The number of rotatable bonds is 7. The summed E-state index contributed by atoms with van der Waals surface area (Å²) in [6.45, 7) is 6.66. The molecule has 11 heteroatoms. The van der Waals surface area contributed by atoms with Gasteiger partial charge in [0.1, 0.15) is 23.2 Å². The van der Waals surface area contributed by atoms with Crippen LogP contribution in [0.2, 0.25) is 5.02 Å². The number of halogens is 2. The number of hydrogen-bond acceptors (Lipinski definition) is 8. The Bertz CT molecular complexity index is 1650. The van der Waals surface area contributed by atoms with Crippen molar-refractivity contribution >= 4 is 22.8 Å². The predicted molar refractivity (Wildman–Crippen MR) is 150 cm³/mol. The first-order valence-corrected chi connectivity index (χ1v) is 14.0. The van der Waals surface area contributed by atoms with Crippen molar-refractivity contribution in [2.45, 2.75) is 57.6 Å². The van der Waals surface area contributed by atoms with E-state index in [1.54, 1.807) is 32.2 Å². The Morgan fingerprint density at radius 1 is 1.20 bits per heavy atom. The summed E-state index contributed by atoms with van der Waals surface area (Å²) in [7, 11) is 1.68. The standard InChI is InChI=1S/C30H30ClFN6O3/c1-18(39-3)16-38-27(34-25-14-21(15-33)35-36-29(25)38)17-37-11-9-19(10-12-37)22-5-4-6-26-28(22)41-30(2,40-26)23-8-7-20(31)13-24(23)32/h4-8,13-14,18-19H,9-12,16-17H2,1-3H3. The van der Waals surface area contributed by atoms with Crippen LogP contribution in [0.15, 0.2) is 42.5 Å². The van der Waals surface area contributed by atoms with Crippen molar-refractivity contribution in [1.82, 2.24) is 24.6 Å². The van der Waals surface area contributed by atoms with Gasteiger partial charge in [0.05, 0.1) is 24.8 Å². The number of hydrogen-bond donors (Lipinski definition) is 0. The molecular formula is C30H30ClFN6O3. The van der Waals surface area contributed by atoms with Crippen LogP contribution in [0.3, 0.4) is 0 Å². The molecule has 2 aliphatic rings. The summed E-state index contributed by atoms with van der Waals surface area (Å²) >= 11 is 5.96. The molecule has 0 N–H and O–H groups in total. The molecule has 0 saturated carbocycles. The first kappa shape index (κ1) is 27.4. The second kappa shape index (κ2) is 10.9. The molecular weight excluding hydrogens is 547 g/mol. The number of fused-ring (bicyclic) bond motifs is 2. The first-order valence-electron chi connectivity index (χ1n) is 13.6. The van der Waals surface area contributed by atoms with Gasteiger partial charge < -0.3 is 18.8 Å². The summed E-state index contributed by atoms with van der Waals surface area (Å²) in [6.07, 6.45) is 1.79. The van der Waals surface area contributed by atoms with E-state index in [1.807, 2.05) is 29.7 Å². The van der Waals surface area contributed by atoms with Gasteiger partial charge in [-0.15, -0.1) is 10.2 Å². The van der Waals surface area contributed by atoms with E-state index in [0.717, 1.165) is 37.3 Å². The molecule has 4 heterocycles. The van der Waals surface area contributed by atoms with Gasteiger partial charge in [0.2, 0.25) is 0 Å². The molecule has 2 aromatic heterocycles. The number of nitrogens with zero attached hydrogens (tertiary/aromatic N) is 6. The number of benzene rings is 2. The summed E-state index contributed by atoms with van der Waals surface area (Å²) in [5.41, 5.74) is 2.92. The Morgan fingerprint density at radius 3 is 2.73 bits per heavy atom. The average Bonchev–Trinajstić information content (AvgIpc) is 3.49. The lowest BCUT2D eigenvalue weighted by Crippen LogP contribution is -2.34. The number of piperidine rings is 1. The third kappa shape index (κ3) is 5.21. The Balaban J connectivity index is 1.18. The average molecular weight is 577 g/mol. The molecule has 1 saturated heterocycles. The van der Waals surface area contributed by atoms with Gasteiger partial charge in [0.25, 0.3) is 5.79 Å². The van der Waals surface area contributed by atoms with Gasteiger partial charge in [-0.1, -0.05) is 23.7 Å². The molecule has 0 aliphatic carbocycles. The minimum atomic E-state index is -1.28. The number of likely N-dealkylation sites (tertiary alicyclic amines) is 1. The third-order valence-corrected chi connectivity index (χ3v) is 8.19. The molecule has 0 spiro atoms. The van der Waals surface area contributed by atoms with E-state index in [-0.39, 0.29) is 17.7 Å². The van der Waals surface area contributed by atoms with E-state index < -0.39 is 11.6 Å². The molecule has 2 aliphatic heterocycles. The van der Waals surface area contributed by atoms with Gasteiger partial charge >= 0.3 is 0 Å². The van der Waals surface area contributed by atoms with Gasteiger partial charge in [0, 0.05) is 30.7 Å². The van der Waals surface area contributed by atoms with Crippen LogP contribution in [-0.2, 0) is 23.6 Å². The van der Waals surface area contributed by atoms with E-state index in [4.69, 9.17) is 30.8 Å². The van der Waals surface area contributed by atoms with E-state index in [2.05, 4.69) is 21.2 Å². The van der Waals surface area contributed by atoms with E-state index in [0.29, 0.717) is 46.3 Å². The Morgan fingerprint density at radius 2 is 2.00 bits per heavy atom. The van der Waals surface area contributed by atoms with Gasteiger partial charge in [-0.05, 0) is 63.0 Å². The van der Waals surface area contributed by atoms with Crippen molar-refractivity contribution in [3.8, 4) is 17.6 Å². The number of methoxy groups -OCH3 is 1. The van der Waals surface area contributed by atoms with Gasteiger partial charge in [-0.2, -0.15) is 5.26 Å². The van der Waals surface area contributed by atoms with Gasteiger partial charge in [0.15, 0.2) is 22.8 Å². The van der Waals surface area contributed by atoms with Crippen molar-refractivity contribution in [2.24, 2.45) is 0 Å². The third-order valence-electron chi connectivity index (χ3n) is 7.95. The molecule has 2 atom stereocenters. The second-order valence-electron chi connectivity index (χ2n) is 10.7. The van der Waals surface area contributed by atoms with Gasteiger partial charge in [-0.3, -0.25) is 4.90 Å². The fraction of sp³-hybridized carbons (Fsp3) is 0.400. The van der Waals surface area contributed by atoms with Crippen molar-refractivity contribution in [2.75, 3.05) is 20.2 Å². The van der Waals surface area contributed by atoms with Crippen LogP contribution in [0, 0.1) is 17.1 Å². The number of para-hydroxylation sites is 1. The van der Waals surface area contributed by atoms with Crippen molar-refractivity contribution in [3.05, 3.63) is 75.9 Å². The Kier molecular flexibility index (Phi) is 7.28. The molecule has 41 heavy (non-hydrogen) atoms.